The lowest BCUT2D eigenvalue weighted by atomic mass is 10.2. The molecule has 7 heteroatoms. The molecule has 2 N–H and O–H groups in total. The molecule has 1 aromatic heterocycles. The van der Waals surface area contributed by atoms with E-state index in [9.17, 15) is 4.79 Å². The highest BCUT2D eigenvalue weighted by Crippen LogP contribution is 2.23. The van der Waals surface area contributed by atoms with E-state index in [-0.39, 0.29) is 12.5 Å². The molecule has 0 atom stereocenters. The third kappa shape index (κ3) is 3.88. The lowest BCUT2D eigenvalue weighted by Crippen LogP contribution is -2.23. The van der Waals surface area contributed by atoms with E-state index in [1.165, 1.54) is 0 Å². The minimum atomic E-state index is -0.0934. The average molecular weight is 313 g/mol. The Morgan fingerprint density at radius 1 is 1.35 bits per heavy atom. The number of likely N-dealkylation sites (N-methyl/N-ethyl adjacent to an activating group) is 1. The van der Waals surface area contributed by atoms with Crippen molar-refractivity contribution in [1.82, 2.24) is 15.1 Å². The first-order chi connectivity index (χ1) is 9.58. The molecule has 1 aromatic carbocycles. The summed E-state index contributed by atoms with van der Waals surface area (Å²) in [6, 6.07) is 5.47. The molecular weight excluding hydrogens is 299 g/mol. The number of halogens is 2. The van der Waals surface area contributed by atoms with E-state index >= 15 is 0 Å². The lowest BCUT2D eigenvalue weighted by molar-refractivity contribution is -0.121. The number of hydrogen-bond acceptors (Lipinski definition) is 3. The van der Waals surface area contributed by atoms with Crippen LogP contribution in [0.5, 0.6) is 0 Å². The number of nitrogens with zero attached hydrogens (tertiary/aromatic N) is 2. The summed E-state index contributed by atoms with van der Waals surface area (Å²) >= 11 is 11.8. The van der Waals surface area contributed by atoms with Crippen LogP contribution in [0.4, 0.5) is 5.69 Å². The molecule has 0 unspecified atom stereocenters. The van der Waals surface area contributed by atoms with E-state index < -0.39 is 0 Å². The van der Waals surface area contributed by atoms with Crippen LogP contribution in [0, 0.1) is 0 Å². The molecule has 0 aliphatic rings. The van der Waals surface area contributed by atoms with Crippen molar-refractivity contribution in [1.29, 1.82) is 0 Å². The van der Waals surface area contributed by atoms with Gasteiger partial charge in [0.1, 0.15) is 6.54 Å². The quantitative estimate of drug-likeness (QED) is 0.892. The van der Waals surface area contributed by atoms with Gasteiger partial charge in [-0.25, -0.2) is 0 Å². The van der Waals surface area contributed by atoms with Gasteiger partial charge in [0, 0.05) is 19.8 Å². The summed E-state index contributed by atoms with van der Waals surface area (Å²) in [6.45, 7) is 0.799. The van der Waals surface area contributed by atoms with Crippen LogP contribution in [0.1, 0.15) is 5.56 Å². The fourth-order valence-electron chi connectivity index (χ4n) is 1.62. The third-order valence-corrected chi connectivity index (χ3v) is 3.44. The smallest absolute Gasteiger partial charge is 0.241 e. The molecule has 0 radical (unpaired) electrons. The van der Waals surface area contributed by atoms with Gasteiger partial charge in [0.15, 0.2) is 0 Å². The summed E-state index contributed by atoms with van der Waals surface area (Å²) in [4.78, 5) is 11.2. The van der Waals surface area contributed by atoms with Gasteiger partial charge in [-0.2, -0.15) is 5.10 Å². The number of carbonyl (C=O) groups is 1. The zero-order valence-corrected chi connectivity index (χ0v) is 12.4. The predicted octanol–water partition coefficient (Wildman–Crippen LogP) is 2.55. The van der Waals surface area contributed by atoms with E-state index in [2.05, 4.69) is 15.7 Å². The molecular formula is C13H14Cl2N4O. The van der Waals surface area contributed by atoms with Crippen LogP contribution in [-0.4, -0.2) is 22.7 Å². The Balaban J connectivity index is 1.93. The molecule has 2 aromatic rings. The van der Waals surface area contributed by atoms with Crippen molar-refractivity contribution in [2.24, 2.45) is 0 Å². The van der Waals surface area contributed by atoms with Crippen LogP contribution in [0.3, 0.4) is 0 Å². The topological polar surface area (TPSA) is 59.0 Å². The Labute approximate surface area is 126 Å². The zero-order chi connectivity index (χ0) is 14.5. The maximum absolute atomic E-state index is 11.2. The first-order valence-electron chi connectivity index (χ1n) is 5.99. The first kappa shape index (κ1) is 14.7. The Morgan fingerprint density at radius 2 is 2.15 bits per heavy atom. The number of nitrogens with one attached hydrogen (secondary N) is 2. The SMILES string of the molecule is CNC(=O)Cn1cc(NCc2ccc(Cl)c(Cl)c2)cn1. The molecule has 5 nitrogen and oxygen atoms in total. The van der Waals surface area contributed by atoms with Gasteiger partial charge in [0.2, 0.25) is 5.91 Å². The largest absolute Gasteiger partial charge is 0.378 e. The zero-order valence-electron chi connectivity index (χ0n) is 10.9. The summed E-state index contributed by atoms with van der Waals surface area (Å²) in [5.41, 5.74) is 1.85. The predicted molar refractivity (Wildman–Crippen MR) is 80.1 cm³/mol. The van der Waals surface area contributed by atoms with Crippen LogP contribution in [0.25, 0.3) is 0 Å². The number of amides is 1. The third-order valence-electron chi connectivity index (χ3n) is 2.70. The van der Waals surface area contributed by atoms with Gasteiger partial charge < -0.3 is 10.6 Å². The molecule has 0 aliphatic carbocycles. The second kappa shape index (κ2) is 6.63. The summed E-state index contributed by atoms with van der Waals surface area (Å²) in [5, 5.41) is 10.9. The van der Waals surface area contributed by atoms with E-state index in [0.29, 0.717) is 16.6 Å². The lowest BCUT2D eigenvalue weighted by Gasteiger charge is -2.05. The van der Waals surface area contributed by atoms with Crippen LogP contribution < -0.4 is 10.6 Å². The van der Waals surface area contributed by atoms with Gasteiger partial charge in [-0.15, -0.1) is 0 Å². The van der Waals surface area contributed by atoms with Gasteiger partial charge in [0.25, 0.3) is 0 Å². The van der Waals surface area contributed by atoms with Crippen molar-refractivity contribution in [2.45, 2.75) is 13.1 Å². The highest BCUT2D eigenvalue weighted by molar-refractivity contribution is 6.42. The van der Waals surface area contributed by atoms with Crippen LogP contribution in [0.15, 0.2) is 30.6 Å². The van der Waals surface area contributed by atoms with Crippen LogP contribution >= 0.6 is 23.2 Å². The molecule has 0 saturated heterocycles. The minimum Gasteiger partial charge on any atom is -0.378 e. The van der Waals surface area contributed by atoms with Crippen molar-refractivity contribution in [3.05, 3.63) is 46.2 Å². The molecule has 0 saturated carbocycles. The van der Waals surface area contributed by atoms with Crippen molar-refractivity contribution in [3.63, 3.8) is 0 Å². The number of carbonyl (C=O) groups excluding carboxylic acids is 1. The average Bonchev–Trinajstić information content (AvgIpc) is 2.87. The van der Waals surface area contributed by atoms with Gasteiger partial charge in [-0.3, -0.25) is 9.48 Å². The van der Waals surface area contributed by atoms with Crippen LogP contribution in [0.2, 0.25) is 10.0 Å². The fraction of sp³-hybridized carbons (Fsp3) is 0.231. The highest BCUT2D eigenvalue weighted by atomic mass is 35.5. The number of aromatic nitrogens is 2. The fourth-order valence-corrected chi connectivity index (χ4v) is 1.94. The number of benzene rings is 1. The van der Waals surface area contributed by atoms with Crippen molar-refractivity contribution in [2.75, 3.05) is 12.4 Å². The van der Waals surface area contributed by atoms with Gasteiger partial charge >= 0.3 is 0 Å². The Hall–Kier alpha value is -1.72. The molecule has 20 heavy (non-hydrogen) atoms. The van der Waals surface area contributed by atoms with Gasteiger partial charge in [-0.05, 0) is 17.7 Å². The monoisotopic (exact) mass is 312 g/mol. The van der Waals surface area contributed by atoms with Gasteiger partial charge in [0.05, 0.1) is 21.9 Å². The standard InChI is InChI=1S/C13H14Cl2N4O/c1-16-13(20)8-19-7-10(6-18-19)17-5-9-2-3-11(14)12(15)4-9/h2-4,6-7,17H,5,8H2,1H3,(H,16,20). The maximum Gasteiger partial charge on any atom is 0.241 e. The molecule has 106 valence electrons. The van der Waals surface area contributed by atoms with Crippen molar-refractivity contribution in [3.8, 4) is 0 Å². The number of rotatable bonds is 5. The maximum atomic E-state index is 11.2. The molecule has 2 rings (SSSR count). The Morgan fingerprint density at radius 3 is 2.85 bits per heavy atom. The van der Waals surface area contributed by atoms with Crippen molar-refractivity contribution >= 4 is 34.8 Å². The molecule has 0 aliphatic heterocycles. The summed E-state index contributed by atoms with van der Waals surface area (Å²) < 4.78 is 1.57. The number of anilines is 1. The summed E-state index contributed by atoms with van der Waals surface area (Å²) in [6.07, 6.45) is 3.44. The summed E-state index contributed by atoms with van der Waals surface area (Å²) in [7, 11) is 1.59. The Bertz CT molecular complexity index is 612. The molecule has 0 spiro atoms. The van der Waals surface area contributed by atoms with E-state index in [0.717, 1.165) is 11.3 Å². The highest BCUT2D eigenvalue weighted by Gasteiger charge is 2.03. The molecule has 0 bridgehead atoms. The second-order valence-corrected chi connectivity index (χ2v) is 5.02. The van der Waals surface area contributed by atoms with E-state index in [1.54, 1.807) is 30.2 Å². The molecule has 0 fully saturated rings. The van der Waals surface area contributed by atoms with Crippen LogP contribution in [-0.2, 0) is 17.9 Å². The second-order valence-electron chi connectivity index (χ2n) is 4.20. The minimum absolute atomic E-state index is 0.0934. The normalized spacial score (nSPS) is 10.3. The van der Waals surface area contributed by atoms with E-state index in [4.69, 9.17) is 23.2 Å². The first-order valence-corrected chi connectivity index (χ1v) is 6.75. The van der Waals surface area contributed by atoms with Gasteiger partial charge in [-0.1, -0.05) is 29.3 Å². The summed E-state index contributed by atoms with van der Waals surface area (Å²) in [5.74, 6) is -0.0934. The van der Waals surface area contributed by atoms with E-state index in [1.807, 2.05) is 12.1 Å². The molecule has 1 amide bonds. The molecule has 1 heterocycles. The number of hydrogen-bond donors (Lipinski definition) is 2. The van der Waals surface area contributed by atoms with Crippen molar-refractivity contribution < 1.29 is 4.79 Å². The Kier molecular flexibility index (Phi) is 4.87.